The molecule has 0 unspecified atom stereocenters. The maximum Gasteiger partial charge on any atom is 0.335 e. The molecule has 1 aromatic carbocycles. The van der Waals surface area contributed by atoms with E-state index in [0.29, 0.717) is 22.8 Å². The van der Waals surface area contributed by atoms with E-state index in [0.717, 1.165) is 0 Å². The van der Waals surface area contributed by atoms with Gasteiger partial charge in [-0.05, 0) is 42.5 Å². The van der Waals surface area contributed by atoms with Crippen molar-refractivity contribution >= 4 is 29.8 Å². The van der Waals surface area contributed by atoms with Gasteiger partial charge < -0.3 is 5.11 Å². The van der Waals surface area contributed by atoms with Gasteiger partial charge in [0.25, 0.3) is 0 Å². The molecule has 3 rings (SSSR count). The Bertz CT molecular complexity index is 855. The summed E-state index contributed by atoms with van der Waals surface area (Å²) in [6.07, 6.45) is 6.48. The van der Waals surface area contributed by atoms with Crippen LogP contribution in [-0.2, 0) is 0 Å². The van der Waals surface area contributed by atoms with E-state index in [1.165, 1.54) is 12.1 Å². The molecule has 0 saturated heterocycles. The van der Waals surface area contributed by atoms with E-state index in [9.17, 15) is 9.90 Å². The molecule has 0 aliphatic rings. The molecule has 122 valence electrons. The number of nitrogens with zero attached hydrogens (tertiary/aromatic N) is 4. The van der Waals surface area contributed by atoms with Gasteiger partial charge in [-0.2, -0.15) is 0 Å². The Hall–Kier alpha value is -3.67. The van der Waals surface area contributed by atoms with E-state index in [2.05, 4.69) is 20.0 Å². The van der Waals surface area contributed by atoms with Crippen molar-refractivity contribution in [2.45, 2.75) is 0 Å². The topological polar surface area (TPSA) is 87.8 Å². The summed E-state index contributed by atoms with van der Waals surface area (Å²) in [6, 6.07) is 15.6. The van der Waals surface area contributed by atoms with Gasteiger partial charge in [-0.3, -0.25) is 20.0 Å². The van der Waals surface area contributed by atoms with Crippen LogP contribution < -0.4 is 0 Å². The minimum atomic E-state index is -1.04. The van der Waals surface area contributed by atoms with Crippen molar-refractivity contribution < 1.29 is 9.90 Å². The summed E-state index contributed by atoms with van der Waals surface area (Å²) >= 11 is 0. The third kappa shape index (κ3) is 4.65. The van der Waals surface area contributed by atoms with Crippen molar-refractivity contribution in [1.82, 2.24) is 9.97 Å². The van der Waals surface area contributed by atoms with Crippen LogP contribution in [-0.4, -0.2) is 33.5 Å². The molecule has 0 saturated carbocycles. The Labute approximate surface area is 144 Å². The number of carboxylic acids is 1. The van der Waals surface area contributed by atoms with Crippen LogP contribution >= 0.6 is 0 Å². The number of rotatable bonds is 5. The number of hydrogen-bond acceptors (Lipinski definition) is 5. The second-order valence-corrected chi connectivity index (χ2v) is 5.07. The van der Waals surface area contributed by atoms with Gasteiger partial charge in [-0.15, -0.1) is 0 Å². The second-order valence-electron chi connectivity index (χ2n) is 5.07. The summed E-state index contributed by atoms with van der Waals surface area (Å²) in [5, 5.41) is 9.28. The van der Waals surface area contributed by atoms with Gasteiger partial charge in [-0.25, -0.2) is 4.79 Å². The molecule has 1 N–H and O–H groups in total. The molecular formula is C19H14N4O2. The Morgan fingerprint density at radius 2 is 1.36 bits per heavy atom. The number of carbonyl (C=O) groups is 1. The molecule has 3 aromatic rings. The zero-order valence-corrected chi connectivity index (χ0v) is 13.1. The van der Waals surface area contributed by atoms with E-state index in [-0.39, 0.29) is 5.56 Å². The molecule has 2 heterocycles. The lowest BCUT2D eigenvalue weighted by atomic mass is 10.2. The minimum absolute atomic E-state index is 0.115. The fraction of sp³-hybridized carbons (Fsp3) is 0. The van der Waals surface area contributed by atoms with Crippen LogP contribution in [0.4, 0.5) is 11.4 Å². The highest BCUT2D eigenvalue weighted by molar-refractivity contribution is 5.91. The third-order valence-electron chi connectivity index (χ3n) is 3.22. The van der Waals surface area contributed by atoms with Crippen molar-refractivity contribution in [2.75, 3.05) is 0 Å². The second kappa shape index (κ2) is 7.74. The number of benzene rings is 1. The molecule has 0 amide bonds. The Morgan fingerprint density at radius 1 is 0.840 bits per heavy atom. The fourth-order valence-electron chi connectivity index (χ4n) is 2.05. The third-order valence-corrected chi connectivity index (χ3v) is 3.22. The smallest absolute Gasteiger partial charge is 0.335 e. The summed E-state index contributed by atoms with van der Waals surface area (Å²) < 4.78 is 0. The number of pyridine rings is 2. The first kappa shape index (κ1) is 16.2. The average molecular weight is 330 g/mol. The first-order valence-corrected chi connectivity index (χ1v) is 7.49. The van der Waals surface area contributed by atoms with Gasteiger partial charge in [0.2, 0.25) is 0 Å². The quantitative estimate of drug-likeness (QED) is 0.723. The molecule has 6 heteroatoms. The first-order chi connectivity index (χ1) is 12.2. The summed E-state index contributed by atoms with van der Waals surface area (Å²) in [6.45, 7) is 0. The van der Waals surface area contributed by atoms with Crippen molar-refractivity contribution in [3.05, 3.63) is 83.9 Å². The zero-order valence-electron chi connectivity index (χ0n) is 13.1. The van der Waals surface area contributed by atoms with E-state index >= 15 is 0 Å². The number of hydrogen-bond donors (Lipinski definition) is 1. The normalized spacial score (nSPS) is 11.2. The van der Waals surface area contributed by atoms with Crippen LogP contribution in [0.1, 0.15) is 21.7 Å². The monoisotopic (exact) mass is 330 g/mol. The summed E-state index contributed by atoms with van der Waals surface area (Å²) in [5.74, 6) is -1.04. The highest BCUT2D eigenvalue weighted by atomic mass is 16.4. The summed E-state index contributed by atoms with van der Waals surface area (Å²) in [5.41, 5.74) is 2.45. The van der Waals surface area contributed by atoms with Crippen molar-refractivity contribution in [3.8, 4) is 0 Å². The lowest BCUT2D eigenvalue weighted by Crippen LogP contribution is -1.95. The fourth-order valence-corrected chi connectivity index (χ4v) is 2.05. The predicted molar refractivity (Wildman–Crippen MR) is 96.4 cm³/mol. The molecule has 25 heavy (non-hydrogen) atoms. The van der Waals surface area contributed by atoms with Crippen LogP contribution in [0.15, 0.2) is 77.0 Å². The Morgan fingerprint density at radius 3 is 1.76 bits per heavy atom. The number of carboxylic acid groups (broad SMARTS) is 1. The van der Waals surface area contributed by atoms with Crippen molar-refractivity contribution in [1.29, 1.82) is 0 Å². The maximum atomic E-state index is 11.3. The van der Waals surface area contributed by atoms with Gasteiger partial charge >= 0.3 is 5.97 Å². The molecule has 6 nitrogen and oxygen atoms in total. The van der Waals surface area contributed by atoms with Crippen LogP contribution in [0, 0.1) is 0 Å². The number of aromatic carboxylic acids is 1. The van der Waals surface area contributed by atoms with Gasteiger partial charge in [0.1, 0.15) is 0 Å². The van der Waals surface area contributed by atoms with Crippen LogP contribution in [0.2, 0.25) is 0 Å². The Balaban J connectivity index is 1.91. The van der Waals surface area contributed by atoms with Gasteiger partial charge in [0, 0.05) is 12.4 Å². The molecular weight excluding hydrogens is 316 g/mol. The molecule has 2 aromatic heterocycles. The molecule has 0 aliphatic heterocycles. The molecule has 0 aliphatic carbocycles. The highest BCUT2D eigenvalue weighted by Gasteiger charge is 2.06. The maximum absolute atomic E-state index is 11.3. The van der Waals surface area contributed by atoms with Gasteiger partial charge in [0.15, 0.2) is 0 Å². The standard InChI is InChI=1S/C19H14N4O2/c24-19(25)14-9-17(22-12-15-5-1-3-7-20-15)11-18(10-14)23-13-16-6-2-4-8-21-16/h1-13H,(H,24,25). The lowest BCUT2D eigenvalue weighted by Gasteiger charge is -2.01. The predicted octanol–water partition coefficient (Wildman–Crippen LogP) is 3.68. The molecule has 0 radical (unpaired) electrons. The van der Waals surface area contributed by atoms with E-state index in [1.54, 1.807) is 30.9 Å². The summed E-state index contributed by atoms with van der Waals surface area (Å²) in [7, 11) is 0. The molecule has 0 spiro atoms. The molecule has 0 atom stereocenters. The SMILES string of the molecule is O=C(O)c1cc(N=Cc2ccccn2)cc(N=Cc2ccccn2)c1. The average Bonchev–Trinajstić information content (AvgIpc) is 2.66. The van der Waals surface area contributed by atoms with E-state index in [1.807, 2.05) is 36.4 Å². The largest absolute Gasteiger partial charge is 0.478 e. The van der Waals surface area contributed by atoms with Crippen LogP contribution in [0.5, 0.6) is 0 Å². The lowest BCUT2D eigenvalue weighted by molar-refractivity contribution is 0.0697. The van der Waals surface area contributed by atoms with E-state index in [4.69, 9.17) is 0 Å². The van der Waals surface area contributed by atoms with Gasteiger partial charge in [-0.1, -0.05) is 12.1 Å². The number of aromatic nitrogens is 2. The van der Waals surface area contributed by atoms with Gasteiger partial charge in [0.05, 0.1) is 40.8 Å². The number of aliphatic imine (C=N–C) groups is 2. The van der Waals surface area contributed by atoms with Crippen LogP contribution in [0.25, 0.3) is 0 Å². The molecule has 0 bridgehead atoms. The van der Waals surface area contributed by atoms with Crippen LogP contribution in [0.3, 0.4) is 0 Å². The summed E-state index contributed by atoms with van der Waals surface area (Å²) in [4.78, 5) is 28.2. The minimum Gasteiger partial charge on any atom is -0.478 e. The zero-order chi connectivity index (χ0) is 17.5. The van der Waals surface area contributed by atoms with E-state index < -0.39 is 5.97 Å². The Kier molecular flexibility index (Phi) is 5.01. The highest BCUT2D eigenvalue weighted by Crippen LogP contribution is 2.24. The first-order valence-electron chi connectivity index (χ1n) is 7.49. The van der Waals surface area contributed by atoms with Crippen molar-refractivity contribution in [2.24, 2.45) is 9.98 Å². The van der Waals surface area contributed by atoms with Crippen molar-refractivity contribution in [3.63, 3.8) is 0 Å². The molecule has 0 fully saturated rings.